The number of hydrogen-bond donors (Lipinski definition) is 0. The molecule has 0 amide bonds. The van der Waals surface area contributed by atoms with Crippen LogP contribution in [0.3, 0.4) is 0 Å². The molecule has 1 aromatic carbocycles. The number of fused-ring (bicyclic) bond motifs is 3. The highest BCUT2D eigenvalue weighted by atomic mass is 35.5. The normalized spacial score (nSPS) is 23.6. The molecule has 138 valence electrons. The van der Waals surface area contributed by atoms with E-state index in [-0.39, 0.29) is 5.60 Å². The monoisotopic (exact) mass is 370 g/mol. The van der Waals surface area contributed by atoms with Gasteiger partial charge in [-0.1, -0.05) is 49.7 Å². The topological polar surface area (TPSA) is 15.7 Å². The number of allylic oxidation sites excluding steroid dienone is 3. The zero-order valence-electron chi connectivity index (χ0n) is 15.7. The first-order chi connectivity index (χ1) is 12.6. The molecule has 0 saturated carbocycles. The minimum atomic E-state index is -0.287. The van der Waals surface area contributed by atoms with Crippen molar-refractivity contribution in [1.82, 2.24) is 9.80 Å². The average Bonchev–Trinajstić information content (AvgIpc) is 3.00. The largest absolute Gasteiger partial charge is 0.480 e. The number of ether oxygens (including phenoxy) is 1. The van der Waals surface area contributed by atoms with Gasteiger partial charge in [0.25, 0.3) is 0 Å². The van der Waals surface area contributed by atoms with Crippen molar-refractivity contribution >= 4 is 11.6 Å². The first-order valence-electron chi connectivity index (χ1n) is 9.66. The van der Waals surface area contributed by atoms with E-state index >= 15 is 0 Å². The van der Waals surface area contributed by atoms with Crippen LogP contribution >= 0.6 is 11.6 Å². The summed E-state index contributed by atoms with van der Waals surface area (Å²) in [5.74, 6) is 0.942. The Morgan fingerprint density at radius 2 is 2.12 bits per heavy atom. The van der Waals surface area contributed by atoms with Crippen molar-refractivity contribution in [1.29, 1.82) is 0 Å². The van der Waals surface area contributed by atoms with Gasteiger partial charge in [0, 0.05) is 36.3 Å². The fourth-order valence-corrected chi connectivity index (χ4v) is 4.50. The van der Waals surface area contributed by atoms with E-state index in [2.05, 4.69) is 54.1 Å². The van der Waals surface area contributed by atoms with E-state index in [0.29, 0.717) is 0 Å². The summed E-state index contributed by atoms with van der Waals surface area (Å²) in [5, 5.41) is 0.739. The van der Waals surface area contributed by atoms with Crippen LogP contribution in [-0.2, 0) is 6.42 Å². The molecule has 0 N–H and O–H groups in total. The summed E-state index contributed by atoms with van der Waals surface area (Å²) in [6, 6.07) is 6.04. The summed E-state index contributed by atoms with van der Waals surface area (Å²) in [4.78, 5) is 4.93. The number of halogens is 1. The van der Waals surface area contributed by atoms with Crippen molar-refractivity contribution < 1.29 is 4.74 Å². The van der Waals surface area contributed by atoms with Crippen LogP contribution in [0, 0.1) is 0 Å². The fraction of sp³-hybridized carbons (Fsp3) is 0.455. The van der Waals surface area contributed by atoms with Crippen LogP contribution in [0.25, 0.3) is 0 Å². The Kier molecular flexibility index (Phi) is 4.85. The van der Waals surface area contributed by atoms with Gasteiger partial charge in [0.1, 0.15) is 5.75 Å². The summed E-state index contributed by atoms with van der Waals surface area (Å²) < 4.78 is 6.59. The van der Waals surface area contributed by atoms with Gasteiger partial charge in [0.15, 0.2) is 5.60 Å². The van der Waals surface area contributed by atoms with Gasteiger partial charge in [0.05, 0.1) is 6.54 Å². The Hall–Kier alpha value is -1.71. The molecule has 26 heavy (non-hydrogen) atoms. The molecule has 2 heterocycles. The van der Waals surface area contributed by atoms with Gasteiger partial charge < -0.3 is 14.5 Å². The zero-order valence-corrected chi connectivity index (χ0v) is 16.4. The highest BCUT2D eigenvalue weighted by molar-refractivity contribution is 6.30. The maximum absolute atomic E-state index is 6.59. The lowest BCUT2D eigenvalue weighted by atomic mass is 9.79. The third-order valence-electron chi connectivity index (χ3n) is 5.78. The Labute approximate surface area is 161 Å². The van der Waals surface area contributed by atoms with Crippen LogP contribution in [0.4, 0.5) is 0 Å². The van der Waals surface area contributed by atoms with E-state index < -0.39 is 0 Å². The van der Waals surface area contributed by atoms with E-state index in [1.807, 2.05) is 12.1 Å². The SMILES string of the molecule is CCN(CC)CCN1C=C2CC=CC=C2C2(Cc3ccc(Cl)cc3O2)C1. The predicted octanol–water partition coefficient (Wildman–Crippen LogP) is 4.44. The number of hydrogen-bond acceptors (Lipinski definition) is 3. The summed E-state index contributed by atoms with van der Waals surface area (Å²) in [7, 11) is 0. The second-order valence-corrected chi connectivity index (χ2v) is 7.83. The molecule has 1 atom stereocenters. The molecule has 3 nitrogen and oxygen atoms in total. The smallest absolute Gasteiger partial charge is 0.156 e. The van der Waals surface area contributed by atoms with E-state index in [4.69, 9.17) is 16.3 Å². The Morgan fingerprint density at radius 1 is 1.27 bits per heavy atom. The van der Waals surface area contributed by atoms with E-state index in [1.165, 1.54) is 16.7 Å². The van der Waals surface area contributed by atoms with Gasteiger partial charge in [0.2, 0.25) is 0 Å². The van der Waals surface area contributed by atoms with Gasteiger partial charge in [-0.2, -0.15) is 0 Å². The van der Waals surface area contributed by atoms with Crippen molar-refractivity contribution in [2.24, 2.45) is 0 Å². The third-order valence-corrected chi connectivity index (χ3v) is 6.01. The second-order valence-electron chi connectivity index (χ2n) is 7.39. The molecule has 4 heteroatoms. The molecule has 1 aromatic rings. The molecule has 0 fully saturated rings. The first-order valence-corrected chi connectivity index (χ1v) is 10.0. The molecule has 0 saturated heterocycles. The standard InChI is InChI=1S/C22H27ClN2O/c1-3-24(4-2)11-12-25-15-18-7-5-6-8-20(18)22(16-25)14-17-9-10-19(23)13-21(17)26-22/h5-6,8-10,13,15H,3-4,7,11-12,14,16H2,1-2H3. The highest BCUT2D eigenvalue weighted by Crippen LogP contribution is 2.46. The van der Waals surface area contributed by atoms with Crippen LogP contribution in [0.2, 0.25) is 5.02 Å². The van der Waals surface area contributed by atoms with Crippen LogP contribution < -0.4 is 4.74 Å². The van der Waals surface area contributed by atoms with Gasteiger partial charge in [-0.25, -0.2) is 0 Å². The minimum Gasteiger partial charge on any atom is -0.480 e. The molecule has 3 aliphatic rings. The van der Waals surface area contributed by atoms with Gasteiger partial charge in [-0.15, -0.1) is 0 Å². The molecule has 1 unspecified atom stereocenters. The fourth-order valence-electron chi connectivity index (χ4n) is 4.34. The molecule has 1 spiro atoms. The number of rotatable bonds is 5. The van der Waals surface area contributed by atoms with Crippen LogP contribution in [0.1, 0.15) is 25.8 Å². The van der Waals surface area contributed by atoms with Gasteiger partial charge >= 0.3 is 0 Å². The molecular weight excluding hydrogens is 344 g/mol. The van der Waals surface area contributed by atoms with Crippen molar-refractivity contribution in [3.05, 3.63) is 64.4 Å². The summed E-state index contributed by atoms with van der Waals surface area (Å²) in [6.45, 7) is 9.66. The summed E-state index contributed by atoms with van der Waals surface area (Å²) >= 11 is 6.20. The Balaban J connectivity index is 1.61. The highest BCUT2D eigenvalue weighted by Gasteiger charge is 2.47. The van der Waals surface area contributed by atoms with Crippen LogP contribution in [-0.4, -0.2) is 48.1 Å². The lowest BCUT2D eigenvalue weighted by Gasteiger charge is -2.42. The Morgan fingerprint density at radius 3 is 2.92 bits per heavy atom. The second kappa shape index (κ2) is 7.13. The van der Waals surface area contributed by atoms with Crippen molar-refractivity contribution in [2.75, 3.05) is 32.7 Å². The number of nitrogens with zero attached hydrogens (tertiary/aromatic N) is 2. The summed E-state index contributed by atoms with van der Waals surface area (Å²) in [5.41, 5.74) is 3.70. The molecule has 2 aliphatic heterocycles. The maximum Gasteiger partial charge on any atom is 0.156 e. The van der Waals surface area contributed by atoms with Crippen molar-refractivity contribution in [3.8, 4) is 5.75 Å². The quantitative estimate of drug-likeness (QED) is 0.762. The van der Waals surface area contributed by atoms with Gasteiger partial charge in [-0.3, -0.25) is 0 Å². The molecule has 4 rings (SSSR count). The molecule has 0 bridgehead atoms. The molecule has 0 radical (unpaired) electrons. The average molecular weight is 371 g/mol. The summed E-state index contributed by atoms with van der Waals surface area (Å²) in [6.07, 6.45) is 10.9. The van der Waals surface area contributed by atoms with Crippen LogP contribution in [0.15, 0.2) is 53.8 Å². The number of likely N-dealkylation sites (N-methyl/N-ethyl adjacent to an activating group) is 1. The molecule has 1 aliphatic carbocycles. The molecule has 0 aromatic heterocycles. The van der Waals surface area contributed by atoms with Crippen molar-refractivity contribution in [3.63, 3.8) is 0 Å². The maximum atomic E-state index is 6.59. The number of benzene rings is 1. The van der Waals surface area contributed by atoms with Crippen molar-refractivity contribution in [2.45, 2.75) is 32.3 Å². The molecular formula is C22H27ClN2O. The minimum absolute atomic E-state index is 0.287. The third kappa shape index (κ3) is 3.19. The lowest BCUT2D eigenvalue weighted by molar-refractivity contribution is 0.0857. The van der Waals surface area contributed by atoms with E-state index in [9.17, 15) is 0 Å². The van der Waals surface area contributed by atoms with Gasteiger partial charge in [-0.05, 0) is 42.8 Å². The predicted molar refractivity (Wildman–Crippen MR) is 108 cm³/mol. The van der Waals surface area contributed by atoms with E-state index in [1.54, 1.807) is 0 Å². The zero-order chi connectivity index (χ0) is 18.1. The first kappa shape index (κ1) is 17.7. The van der Waals surface area contributed by atoms with Crippen LogP contribution in [0.5, 0.6) is 5.75 Å². The van der Waals surface area contributed by atoms with E-state index in [0.717, 1.165) is 56.3 Å². The Bertz CT molecular complexity index is 778. The lowest BCUT2D eigenvalue weighted by Crippen LogP contribution is -2.51.